The van der Waals surface area contributed by atoms with E-state index in [0.717, 1.165) is 6.07 Å². The molecule has 0 aliphatic heterocycles. The predicted octanol–water partition coefficient (Wildman–Crippen LogP) is 6.87. The van der Waals surface area contributed by atoms with Crippen molar-refractivity contribution in [2.24, 2.45) is 0 Å². The lowest BCUT2D eigenvalue weighted by molar-refractivity contribution is 0.442. The van der Waals surface area contributed by atoms with Crippen LogP contribution >= 0.6 is 0 Å². The van der Waals surface area contributed by atoms with Gasteiger partial charge in [-0.2, -0.15) is 0 Å². The van der Waals surface area contributed by atoms with E-state index in [4.69, 9.17) is 0 Å². The molecule has 2 heterocycles. The molecule has 0 radical (unpaired) electrons. The van der Waals surface area contributed by atoms with Crippen LogP contribution in [0.25, 0.3) is 16.9 Å². The van der Waals surface area contributed by atoms with Crippen molar-refractivity contribution in [3.8, 4) is 17.1 Å². The average molecular weight is 494 g/mol. The Bertz CT molecular complexity index is 1510. The molecule has 0 spiro atoms. The number of aromatic hydroxyl groups is 1. The zero-order valence-electron chi connectivity index (χ0n) is 19.6. The summed E-state index contributed by atoms with van der Waals surface area (Å²) in [6, 6.07) is 15.6. The zero-order chi connectivity index (χ0) is 25.8. The number of aromatic nitrogens is 3. The van der Waals surface area contributed by atoms with E-state index in [2.05, 4.69) is 9.97 Å². The molecule has 0 saturated carbocycles. The quantitative estimate of drug-likeness (QED) is 0.272. The first-order valence-corrected chi connectivity index (χ1v) is 11.4. The van der Waals surface area contributed by atoms with Gasteiger partial charge in [0.25, 0.3) is 0 Å². The van der Waals surface area contributed by atoms with Crippen molar-refractivity contribution < 1.29 is 22.7 Å². The monoisotopic (exact) mass is 493 g/mol. The highest BCUT2D eigenvalue weighted by atomic mass is 19.2. The van der Waals surface area contributed by atoms with E-state index in [1.807, 2.05) is 13.8 Å². The Morgan fingerprint density at radius 2 is 1.44 bits per heavy atom. The Morgan fingerprint density at radius 1 is 0.750 bits per heavy atom. The molecule has 0 amide bonds. The highest BCUT2D eigenvalue weighted by Crippen LogP contribution is 2.30. The number of benzene rings is 3. The van der Waals surface area contributed by atoms with E-state index < -0.39 is 17.5 Å². The lowest BCUT2D eigenvalue weighted by Gasteiger charge is -2.10. The van der Waals surface area contributed by atoms with Gasteiger partial charge in [0, 0.05) is 24.6 Å². The second-order valence-corrected chi connectivity index (χ2v) is 7.82. The Hall–Kier alpha value is -4.20. The summed E-state index contributed by atoms with van der Waals surface area (Å²) >= 11 is 0. The van der Waals surface area contributed by atoms with Gasteiger partial charge in [-0.3, -0.25) is 4.40 Å². The molecule has 0 aliphatic rings. The first-order chi connectivity index (χ1) is 17.4. The first kappa shape index (κ1) is 24.9. The highest BCUT2D eigenvalue weighted by Gasteiger charge is 2.20. The Morgan fingerprint density at radius 3 is 2.17 bits per heavy atom. The molecule has 0 aliphatic carbocycles. The number of nitrogens with zero attached hydrogens (tertiary/aromatic N) is 3. The molecule has 5 aromatic rings. The fraction of sp³-hybridized carbons (Fsp3) is 0.143. The van der Waals surface area contributed by atoms with Crippen LogP contribution in [-0.4, -0.2) is 19.5 Å². The Kier molecular flexibility index (Phi) is 7.33. The van der Waals surface area contributed by atoms with Gasteiger partial charge in [0.05, 0.1) is 11.4 Å². The normalized spacial score (nSPS) is 10.8. The SMILES string of the molecule is CC.Oc1c(Cc2ccc(F)cc2)nc2c(Cc3ccccc3F)nc(-c3cccc(F)c3F)cn12. The number of hydrogen-bond donors (Lipinski definition) is 1. The third-order valence-electron chi connectivity index (χ3n) is 5.55. The predicted molar refractivity (Wildman–Crippen MR) is 130 cm³/mol. The fourth-order valence-corrected chi connectivity index (χ4v) is 3.83. The topological polar surface area (TPSA) is 50.4 Å². The van der Waals surface area contributed by atoms with Gasteiger partial charge in [-0.05, 0) is 41.5 Å². The van der Waals surface area contributed by atoms with Crippen LogP contribution in [0.15, 0.2) is 72.9 Å². The van der Waals surface area contributed by atoms with Crippen LogP contribution in [-0.2, 0) is 12.8 Å². The summed E-state index contributed by atoms with van der Waals surface area (Å²) in [5.41, 5.74) is 1.78. The summed E-state index contributed by atoms with van der Waals surface area (Å²) in [6.07, 6.45) is 1.55. The van der Waals surface area contributed by atoms with Crippen molar-refractivity contribution in [2.45, 2.75) is 26.7 Å². The maximum atomic E-state index is 14.5. The molecule has 5 rings (SSSR count). The van der Waals surface area contributed by atoms with Crippen LogP contribution in [0.4, 0.5) is 17.6 Å². The highest BCUT2D eigenvalue weighted by molar-refractivity contribution is 5.64. The summed E-state index contributed by atoms with van der Waals surface area (Å²) < 4.78 is 57.4. The van der Waals surface area contributed by atoms with Crippen molar-refractivity contribution in [2.75, 3.05) is 0 Å². The van der Waals surface area contributed by atoms with Gasteiger partial charge < -0.3 is 5.11 Å². The van der Waals surface area contributed by atoms with Crippen LogP contribution in [0.1, 0.15) is 36.4 Å². The van der Waals surface area contributed by atoms with Gasteiger partial charge in [0.15, 0.2) is 17.3 Å². The minimum absolute atomic E-state index is 0.00733. The summed E-state index contributed by atoms with van der Waals surface area (Å²) in [4.78, 5) is 8.96. The van der Waals surface area contributed by atoms with Gasteiger partial charge in [-0.1, -0.05) is 50.2 Å². The van der Waals surface area contributed by atoms with E-state index in [0.29, 0.717) is 11.1 Å². The molecule has 0 bridgehead atoms. The largest absolute Gasteiger partial charge is 0.493 e. The third kappa shape index (κ3) is 4.93. The van der Waals surface area contributed by atoms with Gasteiger partial charge in [-0.15, -0.1) is 0 Å². The first-order valence-electron chi connectivity index (χ1n) is 11.4. The van der Waals surface area contributed by atoms with Crippen molar-refractivity contribution in [1.29, 1.82) is 0 Å². The van der Waals surface area contributed by atoms with Crippen LogP contribution in [0.5, 0.6) is 5.88 Å². The molecule has 0 unspecified atom stereocenters. The van der Waals surface area contributed by atoms with Crippen molar-refractivity contribution in [1.82, 2.24) is 14.4 Å². The van der Waals surface area contributed by atoms with Crippen LogP contribution in [0.3, 0.4) is 0 Å². The summed E-state index contributed by atoms with van der Waals surface area (Å²) in [6.45, 7) is 4.00. The summed E-state index contributed by atoms with van der Waals surface area (Å²) in [7, 11) is 0. The number of imidazole rings is 1. The van der Waals surface area contributed by atoms with E-state index in [1.54, 1.807) is 30.3 Å². The Balaban J connectivity index is 0.00000148. The lowest BCUT2D eigenvalue weighted by Crippen LogP contribution is -2.03. The minimum atomic E-state index is -1.09. The standard InChI is InChI=1S/C26H17F4N3O.C2H6/c27-17-10-8-15(9-11-17)12-22-26(34)33-14-23(18-5-3-7-20(29)24(18)30)31-21(25(33)32-22)13-16-4-1-2-6-19(16)28;1-2/h1-11,14,34H,12-13H2;1-2H3. The van der Waals surface area contributed by atoms with Gasteiger partial charge >= 0.3 is 0 Å². The molecule has 4 nitrogen and oxygen atoms in total. The maximum Gasteiger partial charge on any atom is 0.219 e. The fourth-order valence-electron chi connectivity index (χ4n) is 3.83. The van der Waals surface area contributed by atoms with E-state index in [1.165, 1.54) is 40.9 Å². The third-order valence-corrected chi connectivity index (χ3v) is 5.55. The minimum Gasteiger partial charge on any atom is -0.493 e. The van der Waals surface area contributed by atoms with E-state index in [-0.39, 0.29) is 52.8 Å². The number of rotatable bonds is 5. The average Bonchev–Trinajstić information content (AvgIpc) is 3.20. The summed E-state index contributed by atoms with van der Waals surface area (Å²) in [5.74, 6) is -3.19. The Labute approximate surface area is 205 Å². The van der Waals surface area contributed by atoms with Crippen LogP contribution in [0.2, 0.25) is 0 Å². The molecule has 3 aromatic carbocycles. The zero-order valence-corrected chi connectivity index (χ0v) is 19.6. The van der Waals surface area contributed by atoms with E-state index in [9.17, 15) is 22.7 Å². The van der Waals surface area contributed by atoms with Crippen LogP contribution in [0, 0.1) is 23.3 Å². The van der Waals surface area contributed by atoms with Gasteiger partial charge in [-0.25, -0.2) is 27.5 Å². The molecule has 1 N–H and O–H groups in total. The molecule has 0 atom stereocenters. The molecule has 2 aromatic heterocycles. The number of hydrogen-bond acceptors (Lipinski definition) is 3. The number of fused-ring (bicyclic) bond motifs is 1. The van der Waals surface area contributed by atoms with Crippen molar-refractivity contribution in [3.05, 3.63) is 119 Å². The second-order valence-electron chi connectivity index (χ2n) is 7.82. The van der Waals surface area contributed by atoms with Gasteiger partial charge in [0.1, 0.15) is 17.3 Å². The second kappa shape index (κ2) is 10.6. The molecular formula is C28H23F4N3O. The molecular weight excluding hydrogens is 470 g/mol. The van der Waals surface area contributed by atoms with E-state index >= 15 is 0 Å². The van der Waals surface area contributed by atoms with Crippen molar-refractivity contribution >= 4 is 5.65 Å². The molecule has 0 fully saturated rings. The molecule has 0 saturated heterocycles. The van der Waals surface area contributed by atoms with Crippen LogP contribution < -0.4 is 0 Å². The maximum absolute atomic E-state index is 14.5. The molecule has 36 heavy (non-hydrogen) atoms. The molecule has 184 valence electrons. The lowest BCUT2D eigenvalue weighted by atomic mass is 10.1. The summed E-state index contributed by atoms with van der Waals surface area (Å²) in [5, 5.41) is 10.9. The van der Waals surface area contributed by atoms with Gasteiger partial charge in [0.2, 0.25) is 5.88 Å². The smallest absolute Gasteiger partial charge is 0.219 e. The van der Waals surface area contributed by atoms with Crippen molar-refractivity contribution in [3.63, 3.8) is 0 Å². The molecule has 8 heteroatoms. The number of halogens is 4.